The topological polar surface area (TPSA) is 47.6 Å². The van der Waals surface area contributed by atoms with E-state index in [1.54, 1.807) is 20.3 Å². The average molecular weight is 299 g/mol. The lowest BCUT2D eigenvalue weighted by atomic mass is 10.1. The van der Waals surface area contributed by atoms with Crippen molar-refractivity contribution in [3.8, 4) is 11.5 Å². The molecule has 0 aliphatic rings. The van der Waals surface area contributed by atoms with Crippen LogP contribution in [0.5, 0.6) is 11.5 Å². The fraction of sp³-hybridized carbons (Fsp3) is 0.278. The molecule has 4 heteroatoms. The first-order valence-corrected chi connectivity index (χ1v) is 7.11. The van der Waals surface area contributed by atoms with E-state index in [2.05, 4.69) is 5.32 Å². The van der Waals surface area contributed by atoms with Crippen LogP contribution in [0.4, 0.5) is 5.69 Å². The van der Waals surface area contributed by atoms with Crippen LogP contribution < -0.4 is 14.8 Å². The first-order valence-electron chi connectivity index (χ1n) is 7.11. The summed E-state index contributed by atoms with van der Waals surface area (Å²) < 4.78 is 10.5. The van der Waals surface area contributed by atoms with Crippen LogP contribution in [-0.2, 0) is 11.2 Å². The molecule has 0 aromatic heterocycles. The minimum Gasteiger partial charge on any atom is -0.497 e. The molecule has 0 atom stereocenters. The van der Waals surface area contributed by atoms with E-state index in [9.17, 15) is 4.79 Å². The highest BCUT2D eigenvalue weighted by atomic mass is 16.5. The Labute approximate surface area is 131 Å². The highest BCUT2D eigenvalue weighted by molar-refractivity contribution is 5.92. The van der Waals surface area contributed by atoms with Gasteiger partial charge in [0.05, 0.1) is 20.6 Å². The number of carbonyl (C=O) groups excluding carboxylic acids is 1. The van der Waals surface area contributed by atoms with Gasteiger partial charge in [-0.2, -0.15) is 0 Å². The summed E-state index contributed by atoms with van der Waals surface area (Å²) in [5.41, 5.74) is 3.99. The number of nitrogens with one attached hydrogen (secondary N) is 1. The van der Waals surface area contributed by atoms with Gasteiger partial charge in [-0.25, -0.2) is 0 Å². The van der Waals surface area contributed by atoms with Gasteiger partial charge in [0.25, 0.3) is 0 Å². The lowest BCUT2D eigenvalue weighted by molar-refractivity contribution is -0.115. The fourth-order valence-corrected chi connectivity index (χ4v) is 2.20. The molecule has 4 nitrogen and oxygen atoms in total. The van der Waals surface area contributed by atoms with Crippen molar-refractivity contribution in [2.24, 2.45) is 0 Å². The second-order valence-electron chi connectivity index (χ2n) is 5.20. The minimum atomic E-state index is -0.0771. The van der Waals surface area contributed by atoms with Crippen LogP contribution >= 0.6 is 0 Å². The smallest absolute Gasteiger partial charge is 0.228 e. The van der Waals surface area contributed by atoms with Gasteiger partial charge in [0.15, 0.2) is 0 Å². The molecule has 0 saturated carbocycles. The van der Waals surface area contributed by atoms with Crippen molar-refractivity contribution in [2.45, 2.75) is 20.3 Å². The molecule has 0 aliphatic heterocycles. The van der Waals surface area contributed by atoms with Crippen molar-refractivity contribution >= 4 is 11.6 Å². The van der Waals surface area contributed by atoms with Crippen LogP contribution in [0.1, 0.15) is 16.7 Å². The molecule has 0 unspecified atom stereocenters. The zero-order valence-electron chi connectivity index (χ0n) is 13.4. The highest BCUT2D eigenvalue weighted by Gasteiger charge is 2.10. The molecule has 0 spiro atoms. The van der Waals surface area contributed by atoms with E-state index in [-0.39, 0.29) is 12.3 Å². The fourth-order valence-electron chi connectivity index (χ4n) is 2.20. The molecule has 22 heavy (non-hydrogen) atoms. The Kier molecular flexibility index (Phi) is 5.04. The molecule has 0 bridgehead atoms. The Morgan fingerprint density at radius 1 is 1.00 bits per heavy atom. The van der Waals surface area contributed by atoms with E-state index >= 15 is 0 Å². The monoisotopic (exact) mass is 299 g/mol. The first-order chi connectivity index (χ1) is 10.5. The van der Waals surface area contributed by atoms with Crippen LogP contribution in [0.2, 0.25) is 0 Å². The van der Waals surface area contributed by atoms with E-state index in [4.69, 9.17) is 9.47 Å². The Balaban J connectivity index is 2.10. The summed E-state index contributed by atoms with van der Waals surface area (Å²) in [5.74, 6) is 1.27. The second kappa shape index (κ2) is 6.98. The zero-order valence-corrected chi connectivity index (χ0v) is 13.4. The van der Waals surface area contributed by atoms with Crippen molar-refractivity contribution in [2.75, 3.05) is 19.5 Å². The van der Waals surface area contributed by atoms with E-state index in [0.29, 0.717) is 11.5 Å². The van der Waals surface area contributed by atoms with E-state index in [1.807, 2.05) is 44.2 Å². The van der Waals surface area contributed by atoms with E-state index in [0.717, 1.165) is 16.8 Å². The van der Waals surface area contributed by atoms with Crippen LogP contribution in [-0.4, -0.2) is 20.1 Å². The molecular formula is C18H21NO3. The van der Waals surface area contributed by atoms with Gasteiger partial charge in [-0.15, -0.1) is 0 Å². The standard InChI is InChI=1S/C18H21NO3/c1-12-5-7-15(9-13(12)2)19-18(20)10-14-6-8-16(21-3)11-17(14)22-4/h5-9,11H,10H2,1-4H3,(H,19,20). The Bertz CT molecular complexity index is 680. The maximum Gasteiger partial charge on any atom is 0.228 e. The largest absolute Gasteiger partial charge is 0.497 e. The number of benzene rings is 2. The van der Waals surface area contributed by atoms with Crippen LogP contribution in [0, 0.1) is 13.8 Å². The average Bonchev–Trinajstić information content (AvgIpc) is 2.51. The number of amides is 1. The summed E-state index contributed by atoms with van der Waals surface area (Å²) in [4.78, 5) is 12.2. The van der Waals surface area contributed by atoms with E-state index in [1.165, 1.54) is 5.56 Å². The Morgan fingerprint density at radius 3 is 2.41 bits per heavy atom. The number of rotatable bonds is 5. The molecule has 116 valence electrons. The molecule has 0 heterocycles. The third kappa shape index (κ3) is 3.79. The maximum absolute atomic E-state index is 12.2. The lowest BCUT2D eigenvalue weighted by Crippen LogP contribution is -2.15. The summed E-state index contributed by atoms with van der Waals surface area (Å²) >= 11 is 0. The molecular weight excluding hydrogens is 278 g/mol. The molecule has 1 amide bonds. The predicted molar refractivity (Wildman–Crippen MR) is 87.8 cm³/mol. The normalized spacial score (nSPS) is 10.2. The van der Waals surface area contributed by atoms with E-state index < -0.39 is 0 Å². The summed E-state index contributed by atoms with van der Waals surface area (Å²) in [7, 11) is 3.18. The van der Waals surface area contributed by atoms with Gasteiger partial charge in [0, 0.05) is 17.3 Å². The number of methoxy groups -OCH3 is 2. The molecule has 2 rings (SSSR count). The van der Waals surface area contributed by atoms with Crippen LogP contribution in [0.25, 0.3) is 0 Å². The van der Waals surface area contributed by atoms with Crippen LogP contribution in [0.15, 0.2) is 36.4 Å². The molecule has 2 aromatic carbocycles. The second-order valence-corrected chi connectivity index (χ2v) is 5.20. The third-order valence-corrected chi connectivity index (χ3v) is 3.64. The molecule has 1 N–H and O–H groups in total. The van der Waals surface area contributed by atoms with Crippen molar-refractivity contribution in [3.05, 3.63) is 53.1 Å². The minimum absolute atomic E-state index is 0.0771. The first kappa shape index (κ1) is 15.9. The number of carbonyl (C=O) groups is 1. The van der Waals surface area contributed by atoms with Gasteiger partial charge in [-0.3, -0.25) is 4.79 Å². The zero-order chi connectivity index (χ0) is 16.1. The molecule has 0 radical (unpaired) electrons. The maximum atomic E-state index is 12.2. The predicted octanol–water partition coefficient (Wildman–Crippen LogP) is 3.50. The van der Waals surface area contributed by atoms with Gasteiger partial charge in [0.1, 0.15) is 11.5 Å². The summed E-state index contributed by atoms with van der Waals surface area (Å²) in [6, 6.07) is 11.3. The SMILES string of the molecule is COc1ccc(CC(=O)Nc2ccc(C)c(C)c2)c(OC)c1. The summed E-state index contributed by atoms with van der Waals surface area (Å²) in [6.45, 7) is 4.07. The summed E-state index contributed by atoms with van der Waals surface area (Å²) in [5, 5.41) is 2.91. The third-order valence-electron chi connectivity index (χ3n) is 3.64. The Hall–Kier alpha value is -2.49. The van der Waals surface area contributed by atoms with Crippen molar-refractivity contribution in [1.29, 1.82) is 0 Å². The molecule has 0 aliphatic carbocycles. The molecule has 0 saturated heterocycles. The van der Waals surface area contributed by atoms with Crippen LogP contribution in [0.3, 0.4) is 0 Å². The molecule has 0 fully saturated rings. The number of anilines is 1. The van der Waals surface area contributed by atoms with Gasteiger partial charge in [-0.1, -0.05) is 12.1 Å². The van der Waals surface area contributed by atoms with Crippen molar-refractivity contribution < 1.29 is 14.3 Å². The molecule has 2 aromatic rings. The van der Waals surface area contributed by atoms with Gasteiger partial charge in [0.2, 0.25) is 5.91 Å². The van der Waals surface area contributed by atoms with Gasteiger partial charge >= 0.3 is 0 Å². The quantitative estimate of drug-likeness (QED) is 0.919. The number of aryl methyl sites for hydroxylation is 2. The number of ether oxygens (including phenoxy) is 2. The number of hydrogen-bond acceptors (Lipinski definition) is 3. The van der Waals surface area contributed by atoms with Crippen molar-refractivity contribution in [1.82, 2.24) is 0 Å². The lowest BCUT2D eigenvalue weighted by Gasteiger charge is -2.11. The highest BCUT2D eigenvalue weighted by Crippen LogP contribution is 2.25. The summed E-state index contributed by atoms with van der Waals surface area (Å²) in [6.07, 6.45) is 0.250. The van der Waals surface area contributed by atoms with Gasteiger partial charge < -0.3 is 14.8 Å². The van der Waals surface area contributed by atoms with Crippen molar-refractivity contribution in [3.63, 3.8) is 0 Å². The number of hydrogen-bond donors (Lipinski definition) is 1. The Morgan fingerprint density at radius 2 is 1.77 bits per heavy atom. The van der Waals surface area contributed by atoms with Gasteiger partial charge in [-0.05, 0) is 43.2 Å².